The van der Waals surface area contributed by atoms with E-state index in [2.05, 4.69) is 32.9 Å². The summed E-state index contributed by atoms with van der Waals surface area (Å²) >= 11 is 0. The topological polar surface area (TPSA) is 20.2 Å². The first-order valence-electron chi connectivity index (χ1n) is 5.81. The third-order valence-corrected chi connectivity index (χ3v) is 2.24. The number of hydrogen-bond donors (Lipinski definition) is 1. The Labute approximate surface area is 99.9 Å². The molecule has 0 saturated carbocycles. The summed E-state index contributed by atoms with van der Waals surface area (Å²) < 4.78 is 0. The third-order valence-electron chi connectivity index (χ3n) is 2.24. The maximum Gasteiger partial charge on any atom is 0.0617 e. The van der Waals surface area contributed by atoms with E-state index in [4.69, 9.17) is 5.11 Å². The molecular formula is C15H24O. The summed E-state index contributed by atoms with van der Waals surface area (Å²) in [6.45, 7) is 8.50. The number of aliphatic hydroxyl groups is 1. The highest BCUT2D eigenvalue weighted by atomic mass is 16.2. The smallest absolute Gasteiger partial charge is 0.0617 e. The van der Waals surface area contributed by atoms with Gasteiger partial charge in [0.05, 0.1) is 6.61 Å². The van der Waals surface area contributed by atoms with Crippen LogP contribution in [-0.4, -0.2) is 11.7 Å². The van der Waals surface area contributed by atoms with Crippen LogP contribution in [-0.2, 0) is 0 Å². The van der Waals surface area contributed by atoms with Gasteiger partial charge in [0.15, 0.2) is 0 Å². The molecule has 0 aliphatic heterocycles. The molecule has 0 amide bonds. The van der Waals surface area contributed by atoms with Crippen LogP contribution in [0.3, 0.4) is 0 Å². The summed E-state index contributed by atoms with van der Waals surface area (Å²) in [5.74, 6) is 0. The van der Waals surface area contributed by atoms with E-state index in [-0.39, 0.29) is 6.61 Å². The summed E-state index contributed by atoms with van der Waals surface area (Å²) in [6, 6.07) is 0. The van der Waals surface area contributed by atoms with Gasteiger partial charge >= 0.3 is 0 Å². The Morgan fingerprint density at radius 1 is 1.06 bits per heavy atom. The molecule has 90 valence electrons. The van der Waals surface area contributed by atoms with Crippen LogP contribution in [0, 0.1) is 0 Å². The Morgan fingerprint density at radius 3 is 2.31 bits per heavy atom. The van der Waals surface area contributed by atoms with Crippen molar-refractivity contribution in [2.45, 2.75) is 40.5 Å². The van der Waals surface area contributed by atoms with Crippen LogP contribution in [0.5, 0.6) is 0 Å². The molecule has 16 heavy (non-hydrogen) atoms. The van der Waals surface area contributed by atoms with Crippen LogP contribution in [0.1, 0.15) is 40.5 Å². The lowest BCUT2D eigenvalue weighted by molar-refractivity contribution is 0.342. The second-order valence-electron chi connectivity index (χ2n) is 4.32. The van der Waals surface area contributed by atoms with E-state index < -0.39 is 0 Å². The zero-order chi connectivity index (χ0) is 12.4. The van der Waals surface area contributed by atoms with Crippen molar-refractivity contribution in [2.75, 3.05) is 6.61 Å². The van der Waals surface area contributed by atoms with Crippen molar-refractivity contribution in [2.24, 2.45) is 0 Å². The molecule has 0 rings (SSSR count). The van der Waals surface area contributed by atoms with Crippen molar-refractivity contribution < 1.29 is 5.11 Å². The second-order valence-corrected chi connectivity index (χ2v) is 4.32. The molecule has 0 unspecified atom stereocenters. The standard InChI is InChI=1S/C15H24O/c1-13(2)7-5-8-14(3)9-6-10-15(4)11-12-16/h6-7,9-11,16H,5,8,12H2,1-4H3/b10-6+,14-9-,15-11+. The van der Waals surface area contributed by atoms with Crippen molar-refractivity contribution in [3.63, 3.8) is 0 Å². The Balaban J connectivity index is 4.04. The summed E-state index contributed by atoms with van der Waals surface area (Å²) in [7, 11) is 0. The first-order valence-corrected chi connectivity index (χ1v) is 5.81. The summed E-state index contributed by atoms with van der Waals surface area (Å²) in [6.07, 6.45) is 12.5. The van der Waals surface area contributed by atoms with Gasteiger partial charge in [-0.2, -0.15) is 0 Å². The lowest BCUT2D eigenvalue weighted by Gasteiger charge is -1.96. The maximum atomic E-state index is 8.68. The zero-order valence-electron chi connectivity index (χ0n) is 11.0. The van der Waals surface area contributed by atoms with E-state index in [1.54, 1.807) is 6.08 Å². The van der Waals surface area contributed by atoms with Crippen LogP contribution < -0.4 is 0 Å². The number of allylic oxidation sites excluding steroid dienone is 7. The highest BCUT2D eigenvalue weighted by molar-refractivity contribution is 5.22. The number of aliphatic hydroxyl groups excluding tert-OH is 1. The van der Waals surface area contributed by atoms with Gasteiger partial charge in [0.25, 0.3) is 0 Å². The second kappa shape index (κ2) is 9.17. The molecular weight excluding hydrogens is 196 g/mol. The highest BCUT2D eigenvalue weighted by Gasteiger charge is 1.87. The first-order chi connectivity index (χ1) is 7.56. The average molecular weight is 220 g/mol. The molecule has 1 N–H and O–H groups in total. The Bertz CT molecular complexity index is 299. The van der Waals surface area contributed by atoms with Gasteiger partial charge in [-0.25, -0.2) is 0 Å². The fourth-order valence-electron chi connectivity index (χ4n) is 1.25. The van der Waals surface area contributed by atoms with Gasteiger partial charge in [0.2, 0.25) is 0 Å². The van der Waals surface area contributed by atoms with Crippen LogP contribution >= 0.6 is 0 Å². The molecule has 0 aromatic carbocycles. The first kappa shape index (κ1) is 14.9. The Kier molecular flexibility index (Phi) is 8.55. The monoisotopic (exact) mass is 220 g/mol. The molecule has 1 heteroatoms. The van der Waals surface area contributed by atoms with Crippen molar-refractivity contribution >= 4 is 0 Å². The SMILES string of the molecule is CC(C)=CCC\C(C)=C/C=C/C(C)=C/CO. The van der Waals surface area contributed by atoms with E-state index in [9.17, 15) is 0 Å². The molecule has 0 heterocycles. The molecule has 0 aromatic rings. The van der Waals surface area contributed by atoms with Crippen LogP contribution in [0.2, 0.25) is 0 Å². The molecule has 0 aliphatic rings. The van der Waals surface area contributed by atoms with Gasteiger partial charge in [0.1, 0.15) is 0 Å². The number of hydrogen-bond acceptors (Lipinski definition) is 1. The molecule has 0 atom stereocenters. The fraction of sp³-hybridized carbons (Fsp3) is 0.467. The molecule has 0 aromatic heterocycles. The van der Waals surface area contributed by atoms with E-state index in [0.717, 1.165) is 18.4 Å². The lowest BCUT2D eigenvalue weighted by atomic mass is 10.1. The van der Waals surface area contributed by atoms with Crippen LogP contribution in [0.15, 0.2) is 47.1 Å². The van der Waals surface area contributed by atoms with Crippen molar-refractivity contribution in [3.8, 4) is 0 Å². The minimum absolute atomic E-state index is 0.111. The summed E-state index contributed by atoms with van der Waals surface area (Å²) in [4.78, 5) is 0. The van der Waals surface area contributed by atoms with E-state index in [1.807, 2.05) is 19.1 Å². The third kappa shape index (κ3) is 9.47. The van der Waals surface area contributed by atoms with Gasteiger partial charge in [-0.1, -0.05) is 47.1 Å². The van der Waals surface area contributed by atoms with Gasteiger partial charge in [-0.15, -0.1) is 0 Å². The Morgan fingerprint density at radius 2 is 1.75 bits per heavy atom. The van der Waals surface area contributed by atoms with Gasteiger partial charge < -0.3 is 5.11 Å². The minimum atomic E-state index is 0.111. The maximum absolute atomic E-state index is 8.68. The van der Waals surface area contributed by atoms with Crippen molar-refractivity contribution in [3.05, 3.63) is 47.1 Å². The normalized spacial score (nSPS) is 13.3. The zero-order valence-corrected chi connectivity index (χ0v) is 11.0. The molecule has 0 saturated heterocycles. The summed E-state index contributed by atoms with van der Waals surface area (Å²) in [5, 5.41) is 8.68. The molecule has 0 radical (unpaired) electrons. The minimum Gasteiger partial charge on any atom is -0.392 e. The molecule has 0 aliphatic carbocycles. The largest absolute Gasteiger partial charge is 0.392 e. The van der Waals surface area contributed by atoms with Crippen molar-refractivity contribution in [1.29, 1.82) is 0 Å². The van der Waals surface area contributed by atoms with E-state index >= 15 is 0 Å². The highest BCUT2D eigenvalue weighted by Crippen LogP contribution is 2.07. The Hall–Kier alpha value is -1.08. The lowest BCUT2D eigenvalue weighted by Crippen LogP contribution is -1.77. The predicted octanol–water partition coefficient (Wildman–Crippen LogP) is 4.17. The molecule has 0 fully saturated rings. The number of rotatable bonds is 6. The van der Waals surface area contributed by atoms with E-state index in [0.29, 0.717) is 0 Å². The average Bonchev–Trinajstić information content (AvgIpc) is 2.17. The summed E-state index contributed by atoms with van der Waals surface area (Å²) in [5.41, 5.74) is 3.85. The quantitative estimate of drug-likeness (QED) is 0.526. The van der Waals surface area contributed by atoms with Crippen LogP contribution in [0.4, 0.5) is 0 Å². The molecule has 1 nitrogen and oxygen atoms in total. The van der Waals surface area contributed by atoms with Gasteiger partial charge in [0, 0.05) is 0 Å². The van der Waals surface area contributed by atoms with Gasteiger partial charge in [-0.3, -0.25) is 0 Å². The fourth-order valence-corrected chi connectivity index (χ4v) is 1.25. The molecule has 0 bridgehead atoms. The van der Waals surface area contributed by atoms with Gasteiger partial charge in [-0.05, 0) is 40.5 Å². The predicted molar refractivity (Wildman–Crippen MR) is 72.4 cm³/mol. The molecule has 0 spiro atoms. The van der Waals surface area contributed by atoms with Crippen LogP contribution in [0.25, 0.3) is 0 Å². The van der Waals surface area contributed by atoms with E-state index in [1.165, 1.54) is 11.1 Å². The van der Waals surface area contributed by atoms with Crippen molar-refractivity contribution in [1.82, 2.24) is 0 Å².